The lowest BCUT2D eigenvalue weighted by molar-refractivity contribution is -0.136. The number of alkyl halides is 3. The van der Waals surface area contributed by atoms with Crippen molar-refractivity contribution in [1.82, 2.24) is 10.3 Å². The molecule has 196 valence electrons. The fraction of sp³-hybridized carbons (Fsp3) is 0.387. The molecule has 0 unspecified atom stereocenters. The largest absolute Gasteiger partial charge is 0.418 e. The number of anilines is 2. The van der Waals surface area contributed by atoms with Gasteiger partial charge in [-0.1, -0.05) is 82.2 Å². The molecule has 2 N–H and O–H groups in total. The monoisotopic (exact) mass is 507 g/mol. The zero-order valence-electron chi connectivity index (χ0n) is 21.5. The average Bonchev–Trinajstić information content (AvgIpc) is 2.88. The summed E-state index contributed by atoms with van der Waals surface area (Å²) in [6.45, 7) is 4.07. The van der Waals surface area contributed by atoms with Crippen molar-refractivity contribution in [3.05, 3.63) is 77.9 Å². The predicted octanol–water partition coefficient (Wildman–Crippen LogP) is 9.38. The van der Waals surface area contributed by atoms with Gasteiger partial charge in [0, 0.05) is 17.3 Å². The molecular weight excluding hydrogens is 471 g/mol. The van der Waals surface area contributed by atoms with E-state index in [0.717, 1.165) is 35.4 Å². The van der Waals surface area contributed by atoms with Gasteiger partial charge >= 0.3 is 6.18 Å². The third-order valence-electron chi connectivity index (χ3n) is 6.74. The van der Waals surface area contributed by atoms with Crippen LogP contribution in [0.25, 0.3) is 21.8 Å². The molecule has 37 heavy (non-hydrogen) atoms. The van der Waals surface area contributed by atoms with Crippen LogP contribution in [0.15, 0.2) is 66.7 Å². The molecule has 0 amide bonds. The first-order chi connectivity index (χ1) is 18.0. The first kappa shape index (κ1) is 26.9. The van der Waals surface area contributed by atoms with Gasteiger partial charge < -0.3 is 10.6 Å². The summed E-state index contributed by atoms with van der Waals surface area (Å²) >= 11 is 0. The lowest BCUT2D eigenvalue weighted by Crippen LogP contribution is -2.14. The zero-order chi connectivity index (χ0) is 26.1. The Labute approximate surface area is 217 Å². The highest BCUT2D eigenvalue weighted by atomic mass is 19.4. The summed E-state index contributed by atoms with van der Waals surface area (Å²) in [6, 6.07) is 19.3. The fourth-order valence-corrected chi connectivity index (χ4v) is 4.72. The second kappa shape index (κ2) is 12.9. The first-order valence-electron chi connectivity index (χ1n) is 13.4. The van der Waals surface area contributed by atoms with Crippen molar-refractivity contribution in [3.8, 4) is 0 Å². The standard InChI is InChI=1S/C31H36F3N3/c1-2-3-4-5-6-7-8-11-19-35-22-23-17-18-27-25(20-23)21-24-13-12-16-29(30(24)37-27)36-28-15-10-9-14-26(28)31(32,33)34/h9-10,12-18,20-21,35-36H,2-8,11,19,22H2,1H3. The van der Waals surface area contributed by atoms with Crippen LogP contribution < -0.4 is 10.6 Å². The zero-order valence-corrected chi connectivity index (χ0v) is 21.5. The number of aromatic nitrogens is 1. The van der Waals surface area contributed by atoms with Gasteiger partial charge in [-0.15, -0.1) is 0 Å². The average molecular weight is 508 g/mol. The molecule has 1 heterocycles. The van der Waals surface area contributed by atoms with E-state index in [2.05, 4.69) is 35.8 Å². The Balaban J connectivity index is 1.39. The van der Waals surface area contributed by atoms with Crippen LogP contribution in [0.3, 0.4) is 0 Å². The van der Waals surface area contributed by atoms with Gasteiger partial charge in [-0.3, -0.25) is 0 Å². The summed E-state index contributed by atoms with van der Waals surface area (Å²) in [5.41, 5.74) is 2.53. The normalized spacial score (nSPS) is 11.9. The molecule has 0 fully saturated rings. The molecule has 0 atom stereocenters. The molecule has 4 aromatic rings. The molecule has 3 aromatic carbocycles. The lowest BCUT2D eigenvalue weighted by atomic mass is 10.1. The van der Waals surface area contributed by atoms with Gasteiger partial charge in [-0.05, 0) is 54.9 Å². The number of nitrogens with one attached hydrogen (secondary N) is 2. The SMILES string of the molecule is CCCCCCCCCCNCc1ccc2nc3c(Nc4ccccc4C(F)(F)F)cccc3cc2c1. The van der Waals surface area contributed by atoms with Gasteiger partial charge in [0.1, 0.15) is 0 Å². The molecule has 3 nitrogen and oxygen atoms in total. The fourth-order valence-electron chi connectivity index (χ4n) is 4.72. The topological polar surface area (TPSA) is 37.0 Å². The van der Waals surface area contributed by atoms with E-state index in [9.17, 15) is 13.2 Å². The Kier molecular flexibility index (Phi) is 9.40. The van der Waals surface area contributed by atoms with E-state index in [1.165, 1.54) is 69.1 Å². The number of halogens is 3. The molecule has 0 aliphatic heterocycles. The Morgan fingerprint density at radius 3 is 2.24 bits per heavy atom. The molecule has 0 saturated carbocycles. The summed E-state index contributed by atoms with van der Waals surface area (Å²) in [4.78, 5) is 4.80. The number of pyridine rings is 1. The molecule has 0 spiro atoms. The van der Waals surface area contributed by atoms with Gasteiger partial charge in [0.25, 0.3) is 0 Å². The van der Waals surface area contributed by atoms with E-state index >= 15 is 0 Å². The van der Waals surface area contributed by atoms with Crippen LogP contribution in [0.2, 0.25) is 0 Å². The van der Waals surface area contributed by atoms with Gasteiger partial charge in [-0.2, -0.15) is 13.2 Å². The van der Waals surface area contributed by atoms with E-state index in [4.69, 9.17) is 4.98 Å². The molecule has 0 bridgehead atoms. The van der Waals surface area contributed by atoms with Crippen molar-refractivity contribution < 1.29 is 13.2 Å². The first-order valence-corrected chi connectivity index (χ1v) is 13.4. The quantitative estimate of drug-likeness (QED) is 0.140. The van der Waals surface area contributed by atoms with Crippen LogP contribution in [-0.4, -0.2) is 11.5 Å². The van der Waals surface area contributed by atoms with Crippen molar-refractivity contribution in [2.24, 2.45) is 0 Å². The minimum absolute atomic E-state index is 0.0160. The van der Waals surface area contributed by atoms with Crippen LogP contribution in [0.1, 0.15) is 69.4 Å². The van der Waals surface area contributed by atoms with Crippen LogP contribution >= 0.6 is 0 Å². The third kappa shape index (κ3) is 7.45. The summed E-state index contributed by atoms with van der Waals surface area (Å²) in [7, 11) is 0. The van der Waals surface area contributed by atoms with E-state index in [0.29, 0.717) is 11.2 Å². The predicted molar refractivity (Wildman–Crippen MR) is 148 cm³/mol. The van der Waals surface area contributed by atoms with Crippen LogP contribution in [0, 0.1) is 0 Å². The maximum absolute atomic E-state index is 13.5. The molecule has 1 aromatic heterocycles. The van der Waals surface area contributed by atoms with Gasteiger partial charge in [0.2, 0.25) is 0 Å². The smallest absolute Gasteiger partial charge is 0.353 e. The molecule has 0 radical (unpaired) electrons. The van der Waals surface area contributed by atoms with Gasteiger partial charge in [0.05, 0.1) is 28.0 Å². The number of rotatable bonds is 13. The van der Waals surface area contributed by atoms with Crippen molar-refractivity contribution in [3.63, 3.8) is 0 Å². The maximum Gasteiger partial charge on any atom is 0.418 e. The number of para-hydroxylation sites is 2. The lowest BCUT2D eigenvalue weighted by Gasteiger charge is -2.15. The number of hydrogen-bond acceptors (Lipinski definition) is 3. The minimum atomic E-state index is -4.44. The Morgan fingerprint density at radius 2 is 1.46 bits per heavy atom. The van der Waals surface area contributed by atoms with Gasteiger partial charge in [-0.25, -0.2) is 4.98 Å². The Bertz CT molecular complexity index is 1300. The molecule has 6 heteroatoms. The number of nitrogens with zero attached hydrogens (tertiary/aromatic N) is 1. The summed E-state index contributed by atoms with van der Waals surface area (Å²) in [5.74, 6) is 0. The Hall–Kier alpha value is -3.12. The number of benzene rings is 3. The Morgan fingerprint density at radius 1 is 0.730 bits per heavy atom. The minimum Gasteiger partial charge on any atom is -0.353 e. The van der Waals surface area contributed by atoms with E-state index in [1.54, 1.807) is 12.1 Å². The highest BCUT2D eigenvalue weighted by molar-refractivity contribution is 5.99. The highest BCUT2D eigenvalue weighted by Gasteiger charge is 2.33. The summed E-state index contributed by atoms with van der Waals surface area (Å²) < 4.78 is 40.4. The maximum atomic E-state index is 13.5. The van der Waals surface area contributed by atoms with Gasteiger partial charge in [0.15, 0.2) is 0 Å². The van der Waals surface area contributed by atoms with Crippen molar-refractivity contribution in [2.45, 2.75) is 71.0 Å². The number of unbranched alkanes of at least 4 members (excludes halogenated alkanes) is 7. The highest BCUT2D eigenvalue weighted by Crippen LogP contribution is 2.37. The molecule has 0 aliphatic carbocycles. The second-order valence-electron chi connectivity index (χ2n) is 9.71. The van der Waals surface area contributed by atoms with Crippen LogP contribution in [-0.2, 0) is 12.7 Å². The van der Waals surface area contributed by atoms with Crippen LogP contribution in [0.5, 0.6) is 0 Å². The second-order valence-corrected chi connectivity index (χ2v) is 9.71. The molecule has 0 aliphatic rings. The van der Waals surface area contributed by atoms with Crippen molar-refractivity contribution in [1.29, 1.82) is 0 Å². The summed E-state index contributed by atoms with van der Waals surface area (Å²) in [6.07, 6.45) is 6.07. The van der Waals surface area contributed by atoms with Crippen molar-refractivity contribution in [2.75, 3.05) is 11.9 Å². The number of fused-ring (bicyclic) bond motifs is 2. The van der Waals surface area contributed by atoms with E-state index in [1.807, 2.05) is 18.2 Å². The molecule has 0 saturated heterocycles. The molecular formula is C31H36F3N3. The van der Waals surface area contributed by atoms with E-state index in [-0.39, 0.29) is 5.69 Å². The van der Waals surface area contributed by atoms with E-state index < -0.39 is 11.7 Å². The molecule has 4 rings (SSSR count). The third-order valence-corrected chi connectivity index (χ3v) is 6.74. The van der Waals surface area contributed by atoms with Crippen LogP contribution in [0.4, 0.5) is 24.5 Å². The van der Waals surface area contributed by atoms with Crippen molar-refractivity contribution >= 4 is 33.2 Å². The summed E-state index contributed by atoms with van der Waals surface area (Å²) in [5, 5.41) is 8.41. The number of hydrogen-bond donors (Lipinski definition) is 2.